The molecule has 0 fully saturated rings. The summed E-state index contributed by atoms with van der Waals surface area (Å²) >= 11 is 0. The molecule has 1 atom stereocenters. The number of hydrogen-bond acceptors (Lipinski definition) is 5. The van der Waals surface area contributed by atoms with Gasteiger partial charge in [0.05, 0.1) is 6.61 Å². The van der Waals surface area contributed by atoms with Gasteiger partial charge in [0.25, 0.3) is 0 Å². The second-order valence-electron chi connectivity index (χ2n) is 2.80. The third kappa shape index (κ3) is 4.85. The maximum atomic E-state index is 8.70. The number of pyridine rings is 1. The van der Waals surface area contributed by atoms with Crippen LogP contribution in [0.5, 0.6) is 0 Å². The van der Waals surface area contributed by atoms with E-state index in [1.807, 2.05) is 18.2 Å². The Balaban J connectivity index is 2.10. The van der Waals surface area contributed by atoms with Crippen LogP contribution in [0.4, 0.5) is 0 Å². The first-order valence-corrected chi connectivity index (χ1v) is 6.71. The molecule has 1 rings (SSSR count). The van der Waals surface area contributed by atoms with Crippen LogP contribution in [0.15, 0.2) is 29.4 Å². The van der Waals surface area contributed by atoms with Gasteiger partial charge in [0.15, 0.2) is 0 Å². The maximum Gasteiger partial charge on any atom is 0.106 e. The molecular formula is C9H14N2OS2. The number of aliphatic hydroxyl groups excluding tert-OH is 1. The van der Waals surface area contributed by atoms with E-state index in [-0.39, 0.29) is 12.6 Å². The van der Waals surface area contributed by atoms with Gasteiger partial charge in [-0.1, -0.05) is 16.9 Å². The van der Waals surface area contributed by atoms with E-state index in [9.17, 15) is 0 Å². The molecule has 1 heterocycles. The lowest BCUT2D eigenvalue weighted by molar-refractivity contribution is 0.264. The van der Waals surface area contributed by atoms with Crippen molar-refractivity contribution < 1.29 is 5.11 Å². The summed E-state index contributed by atoms with van der Waals surface area (Å²) in [6, 6.07) is 5.75. The number of aliphatic hydroxyl groups is 1. The molecule has 14 heavy (non-hydrogen) atoms. The largest absolute Gasteiger partial charge is 0.395 e. The van der Waals surface area contributed by atoms with Crippen LogP contribution in [0, 0.1) is 0 Å². The lowest BCUT2D eigenvalue weighted by Gasteiger charge is -2.05. The van der Waals surface area contributed by atoms with Crippen LogP contribution in [-0.2, 0) is 0 Å². The molecule has 1 aromatic rings. The predicted octanol–water partition coefficient (Wildman–Crippen LogP) is 1.53. The van der Waals surface area contributed by atoms with Crippen molar-refractivity contribution in [2.75, 3.05) is 12.4 Å². The van der Waals surface area contributed by atoms with Crippen molar-refractivity contribution in [2.45, 2.75) is 17.5 Å². The standard InChI is InChI=1S/C9H14N2OS2/c10-8(7-12)4-6-13-14-9-3-1-2-5-11-9/h1-3,5,8,12H,4,6-7,10H2/t8-/m0/s1. The van der Waals surface area contributed by atoms with E-state index in [1.54, 1.807) is 27.8 Å². The Morgan fingerprint density at radius 1 is 1.50 bits per heavy atom. The number of aromatic nitrogens is 1. The lowest BCUT2D eigenvalue weighted by atomic mass is 10.3. The lowest BCUT2D eigenvalue weighted by Crippen LogP contribution is -2.24. The summed E-state index contributed by atoms with van der Waals surface area (Å²) in [5, 5.41) is 9.71. The number of nitrogens with zero attached hydrogens (tertiary/aromatic N) is 1. The van der Waals surface area contributed by atoms with Gasteiger partial charge >= 0.3 is 0 Å². The van der Waals surface area contributed by atoms with Gasteiger partial charge in [-0.3, -0.25) is 0 Å². The van der Waals surface area contributed by atoms with Crippen LogP contribution >= 0.6 is 21.6 Å². The fourth-order valence-electron chi connectivity index (χ4n) is 0.789. The normalized spacial score (nSPS) is 12.7. The van der Waals surface area contributed by atoms with E-state index in [2.05, 4.69) is 4.98 Å². The molecule has 0 unspecified atom stereocenters. The third-order valence-corrected chi connectivity index (χ3v) is 3.89. The first kappa shape index (κ1) is 11.8. The Labute approximate surface area is 91.9 Å². The summed E-state index contributed by atoms with van der Waals surface area (Å²) in [6.07, 6.45) is 2.61. The van der Waals surface area contributed by atoms with E-state index >= 15 is 0 Å². The summed E-state index contributed by atoms with van der Waals surface area (Å²) in [5.74, 6) is 0.933. The zero-order chi connectivity index (χ0) is 10.2. The minimum absolute atomic E-state index is 0.0643. The average Bonchev–Trinajstić information content (AvgIpc) is 2.25. The highest BCUT2D eigenvalue weighted by Crippen LogP contribution is 2.29. The van der Waals surface area contributed by atoms with E-state index in [0.29, 0.717) is 0 Å². The SMILES string of the molecule is N[C@H](CO)CCSSc1ccccn1. The number of rotatable bonds is 6. The molecule has 0 amide bonds. The quantitative estimate of drug-likeness (QED) is 0.573. The van der Waals surface area contributed by atoms with E-state index < -0.39 is 0 Å². The van der Waals surface area contributed by atoms with Crippen molar-refractivity contribution in [1.82, 2.24) is 4.98 Å². The Hall–Kier alpha value is -0.230. The van der Waals surface area contributed by atoms with Gasteiger partial charge in [-0.25, -0.2) is 4.98 Å². The molecule has 0 aromatic carbocycles. The van der Waals surface area contributed by atoms with Crippen molar-refractivity contribution in [3.05, 3.63) is 24.4 Å². The van der Waals surface area contributed by atoms with Crippen molar-refractivity contribution in [1.29, 1.82) is 0 Å². The monoisotopic (exact) mass is 230 g/mol. The van der Waals surface area contributed by atoms with Gasteiger partial charge < -0.3 is 10.8 Å². The molecule has 0 aliphatic carbocycles. The molecule has 1 aromatic heterocycles. The van der Waals surface area contributed by atoms with Gasteiger partial charge in [0, 0.05) is 18.0 Å². The molecule has 0 saturated heterocycles. The summed E-state index contributed by atoms with van der Waals surface area (Å²) in [7, 11) is 3.35. The Bertz CT molecular complexity index is 246. The van der Waals surface area contributed by atoms with Crippen molar-refractivity contribution >= 4 is 21.6 Å². The summed E-state index contributed by atoms with van der Waals surface area (Å²) in [6.45, 7) is 0.0643. The summed E-state index contributed by atoms with van der Waals surface area (Å²) in [5.41, 5.74) is 5.56. The average molecular weight is 230 g/mol. The second-order valence-corrected chi connectivity index (χ2v) is 5.24. The van der Waals surface area contributed by atoms with Crippen molar-refractivity contribution in [3.8, 4) is 0 Å². The second kappa shape index (κ2) is 7.11. The number of hydrogen-bond donors (Lipinski definition) is 2. The van der Waals surface area contributed by atoms with Crippen molar-refractivity contribution in [3.63, 3.8) is 0 Å². The summed E-state index contributed by atoms with van der Waals surface area (Å²) in [4.78, 5) is 4.18. The van der Waals surface area contributed by atoms with Crippen molar-refractivity contribution in [2.24, 2.45) is 5.73 Å². The van der Waals surface area contributed by atoms with Crippen LogP contribution in [0.25, 0.3) is 0 Å². The zero-order valence-corrected chi connectivity index (χ0v) is 9.43. The molecule has 5 heteroatoms. The summed E-state index contributed by atoms with van der Waals surface area (Å²) < 4.78 is 0. The predicted molar refractivity (Wildman–Crippen MR) is 62.2 cm³/mol. The Morgan fingerprint density at radius 2 is 2.36 bits per heavy atom. The van der Waals surface area contributed by atoms with E-state index in [1.165, 1.54) is 0 Å². The third-order valence-electron chi connectivity index (χ3n) is 1.59. The van der Waals surface area contributed by atoms with Crippen LogP contribution in [0.2, 0.25) is 0 Å². The van der Waals surface area contributed by atoms with Gasteiger partial charge in [-0.2, -0.15) is 0 Å². The van der Waals surface area contributed by atoms with Gasteiger partial charge in [0.2, 0.25) is 0 Å². The first-order valence-electron chi connectivity index (χ1n) is 4.40. The maximum absolute atomic E-state index is 8.70. The minimum atomic E-state index is -0.0909. The Kier molecular flexibility index (Phi) is 6.02. The molecule has 0 radical (unpaired) electrons. The minimum Gasteiger partial charge on any atom is -0.395 e. The van der Waals surface area contributed by atoms with Crippen LogP contribution < -0.4 is 5.73 Å². The highest BCUT2D eigenvalue weighted by atomic mass is 33.1. The smallest absolute Gasteiger partial charge is 0.106 e. The number of nitrogens with two attached hydrogens (primary N) is 1. The molecule has 78 valence electrons. The fraction of sp³-hybridized carbons (Fsp3) is 0.444. The van der Waals surface area contributed by atoms with Crippen LogP contribution in [0.3, 0.4) is 0 Å². The zero-order valence-electron chi connectivity index (χ0n) is 7.80. The van der Waals surface area contributed by atoms with Gasteiger partial charge in [0.1, 0.15) is 5.03 Å². The van der Waals surface area contributed by atoms with Gasteiger partial charge in [-0.15, -0.1) is 0 Å². The molecular weight excluding hydrogens is 216 g/mol. The fourth-order valence-corrected chi connectivity index (χ4v) is 2.83. The molecule has 3 N–H and O–H groups in total. The van der Waals surface area contributed by atoms with E-state index in [4.69, 9.17) is 10.8 Å². The van der Waals surface area contributed by atoms with Gasteiger partial charge in [-0.05, 0) is 29.3 Å². The molecule has 0 aliphatic rings. The van der Waals surface area contributed by atoms with E-state index in [0.717, 1.165) is 17.2 Å². The molecule has 0 spiro atoms. The van der Waals surface area contributed by atoms with Crippen LogP contribution in [0.1, 0.15) is 6.42 Å². The van der Waals surface area contributed by atoms with Crippen LogP contribution in [-0.4, -0.2) is 28.5 Å². The Morgan fingerprint density at radius 3 is 3.00 bits per heavy atom. The highest BCUT2D eigenvalue weighted by Gasteiger charge is 2.00. The molecule has 0 saturated carbocycles. The topological polar surface area (TPSA) is 59.1 Å². The molecule has 3 nitrogen and oxygen atoms in total. The molecule has 0 bridgehead atoms. The first-order chi connectivity index (χ1) is 6.83. The molecule has 0 aliphatic heterocycles. The highest BCUT2D eigenvalue weighted by molar-refractivity contribution is 8.76.